The van der Waals surface area contributed by atoms with Crippen LogP contribution in [0.25, 0.3) is 0 Å². The maximum absolute atomic E-state index is 10.8. The molecule has 0 fully saturated rings. The fourth-order valence-corrected chi connectivity index (χ4v) is 1.81. The monoisotopic (exact) mass is 227 g/mol. The fraction of sp³-hybridized carbons (Fsp3) is 0.300. The molecule has 0 aliphatic carbocycles. The molecule has 4 nitrogen and oxygen atoms in total. The van der Waals surface area contributed by atoms with Gasteiger partial charge in [0, 0.05) is 17.1 Å². The molecule has 1 aromatic carbocycles. The SMILES string of the molecule is NCc1c(Cl)cc(C=O)c2c1OCCO2. The predicted octanol–water partition coefficient (Wildman–Crippen LogP) is 1.38. The molecule has 1 heterocycles. The summed E-state index contributed by atoms with van der Waals surface area (Å²) < 4.78 is 10.8. The van der Waals surface area contributed by atoms with E-state index in [9.17, 15) is 4.79 Å². The molecule has 0 spiro atoms. The van der Waals surface area contributed by atoms with Crippen molar-refractivity contribution in [2.75, 3.05) is 13.2 Å². The van der Waals surface area contributed by atoms with Gasteiger partial charge in [-0.3, -0.25) is 4.79 Å². The van der Waals surface area contributed by atoms with E-state index in [0.29, 0.717) is 47.1 Å². The standard InChI is InChI=1S/C10H10ClNO3/c11-8-3-6(5-13)9-10(7(8)4-12)15-2-1-14-9/h3,5H,1-2,4,12H2. The van der Waals surface area contributed by atoms with Gasteiger partial charge >= 0.3 is 0 Å². The molecule has 0 unspecified atom stereocenters. The maximum atomic E-state index is 10.8. The third-order valence-corrected chi connectivity index (χ3v) is 2.56. The highest BCUT2D eigenvalue weighted by Crippen LogP contribution is 2.40. The van der Waals surface area contributed by atoms with Crippen LogP contribution >= 0.6 is 11.6 Å². The summed E-state index contributed by atoms with van der Waals surface area (Å²) >= 11 is 5.97. The summed E-state index contributed by atoms with van der Waals surface area (Å²) in [5.74, 6) is 0.944. The van der Waals surface area contributed by atoms with Crippen molar-refractivity contribution < 1.29 is 14.3 Å². The van der Waals surface area contributed by atoms with Crippen molar-refractivity contribution in [2.45, 2.75) is 6.54 Å². The molecule has 0 aromatic heterocycles. The van der Waals surface area contributed by atoms with Gasteiger partial charge in [-0.25, -0.2) is 0 Å². The Bertz CT molecular complexity index is 406. The fourth-order valence-electron chi connectivity index (χ4n) is 1.53. The first-order chi connectivity index (χ1) is 7.27. The molecule has 1 aliphatic heterocycles. The zero-order valence-electron chi connectivity index (χ0n) is 7.96. The van der Waals surface area contributed by atoms with Crippen LogP contribution in [-0.2, 0) is 6.54 Å². The van der Waals surface area contributed by atoms with E-state index < -0.39 is 0 Å². The first kappa shape index (κ1) is 10.3. The molecular weight excluding hydrogens is 218 g/mol. The Balaban J connectivity index is 2.65. The van der Waals surface area contributed by atoms with Crippen molar-refractivity contribution >= 4 is 17.9 Å². The topological polar surface area (TPSA) is 61.6 Å². The van der Waals surface area contributed by atoms with Crippen molar-refractivity contribution in [3.63, 3.8) is 0 Å². The molecule has 1 aliphatic rings. The summed E-state index contributed by atoms with van der Waals surface area (Å²) in [4.78, 5) is 10.8. The molecule has 0 amide bonds. The molecule has 0 saturated carbocycles. The summed E-state index contributed by atoms with van der Waals surface area (Å²) in [6, 6.07) is 1.55. The van der Waals surface area contributed by atoms with Gasteiger partial charge in [0.15, 0.2) is 17.8 Å². The molecule has 5 heteroatoms. The Labute approximate surface area is 91.9 Å². The van der Waals surface area contributed by atoms with Crippen LogP contribution in [0.3, 0.4) is 0 Å². The molecule has 1 aromatic rings. The van der Waals surface area contributed by atoms with Crippen LogP contribution in [0.2, 0.25) is 5.02 Å². The Kier molecular flexibility index (Phi) is 2.79. The average molecular weight is 228 g/mol. The minimum absolute atomic E-state index is 0.254. The summed E-state index contributed by atoms with van der Waals surface area (Å²) in [7, 11) is 0. The quantitative estimate of drug-likeness (QED) is 0.776. The lowest BCUT2D eigenvalue weighted by molar-refractivity contribution is 0.111. The van der Waals surface area contributed by atoms with E-state index in [2.05, 4.69) is 0 Å². The molecule has 0 atom stereocenters. The number of rotatable bonds is 2. The van der Waals surface area contributed by atoms with E-state index in [1.807, 2.05) is 0 Å². The summed E-state index contributed by atoms with van der Waals surface area (Å²) in [5.41, 5.74) is 6.63. The van der Waals surface area contributed by atoms with E-state index >= 15 is 0 Å². The van der Waals surface area contributed by atoms with Crippen LogP contribution in [0.4, 0.5) is 0 Å². The lowest BCUT2D eigenvalue weighted by Crippen LogP contribution is -2.19. The Morgan fingerprint density at radius 2 is 2.07 bits per heavy atom. The van der Waals surface area contributed by atoms with E-state index in [1.165, 1.54) is 0 Å². The number of nitrogens with two attached hydrogens (primary N) is 1. The Hall–Kier alpha value is -1.26. The van der Waals surface area contributed by atoms with Gasteiger partial charge in [-0.15, -0.1) is 0 Å². The summed E-state index contributed by atoms with van der Waals surface area (Å²) in [6.07, 6.45) is 0.694. The van der Waals surface area contributed by atoms with Gasteiger partial charge in [0.05, 0.1) is 5.56 Å². The largest absolute Gasteiger partial charge is 0.486 e. The minimum atomic E-state index is 0.254. The molecule has 2 N–H and O–H groups in total. The highest BCUT2D eigenvalue weighted by atomic mass is 35.5. The summed E-state index contributed by atoms with van der Waals surface area (Å²) in [6.45, 7) is 1.13. The van der Waals surface area contributed by atoms with Gasteiger partial charge in [0.2, 0.25) is 0 Å². The van der Waals surface area contributed by atoms with Crippen LogP contribution in [0.1, 0.15) is 15.9 Å². The zero-order chi connectivity index (χ0) is 10.8. The molecule has 0 saturated heterocycles. The number of aldehydes is 1. The van der Waals surface area contributed by atoms with E-state index in [1.54, 1.807) is 6.07 Å². The Morgan fingerprint density at radius 1 is 1.40 bits per heavy atom. The average Bonchev–Trinajstić information content (AvgIpc) is 2.28. The van der Waals surface area contributed by atoms with E-state index in [-0.39, 0.29) is 6.54 Å². The normalized spacial score (nSPS) is 13.7. The highest BCUT2D eigenvalue weighted by molar-refractivity contribution is 6.32. The minimum Gasteiger partial charge on any atom is -0.486 e. The van der Waals surface area contributed by atoms with Crippen molar-refractivity contribution in [1.82, 2.24) is 0 Å². The molecule has 2 rings (SSSR count). The predicted molar refractivity (Wildman–Crippen MR) is 55.7 cm³/mol. The molecule has 15 heavy (non-hydrogen) atoms. The van der Waals surface area contributed by atoms with E-state index in [0.717, 1.165) is 0 Å². The number of ether oxygens (including phenoxy) is 2. The highest BCUT2D eigenvalue weighted by Gasteiger charge is 2.21. The van der Waals surface area contributed by atoms with Crippen molar-refractivity contribution in [3.05, 3.63) is 22.2 Å². The van der Waals surface area contributed by atoms with Gasteiger partial charge in [-0.1, -0.05) is 11.6 Å². The maximum Gasteiger partial charge on any atom is 0.172 e. The second kappa shape index (κ2) is 4.08. The van der Waals surface area contributed by atoms with Crippen molar-refractivity contribution in [1.29, 1.82) is 0 Å². The van der Waals surface area contributed by atoms with Crippen LogP contribution < -0.4 is 15.2 Å². The molecule has 0 radical (unpaired) electrons. The molecule has 80 valence electrons. The number of benzene rings is 1. The third-order valence-electron chi connectivity index (χ3n) is 2.22. The number of carbonyl (C=O) groups excluding carboxylic acids is 1. The van der Waals surface area contributed by atoms with Gasteiger partial charge in [0.1, 0.15) is 13.2 Å². The first-order valence-electron chi connectivity index (χ1n) is 4.54. The molecular formula is C10H10ClNO3. The van der Waals surface area contributed by atoms with Gasteiger partial charge < -0.3 is 15.2 Å². The second-order valence-electron chi connectivity index (χ2n) is 3.10. The van der Waals surface area contributed by atoms with Crippen molar-refractivity contribution in [2.24, 2.45) is 5.73 Å². The molecule has 0 bridgehead atoms. The number of fused-ring (bicyclic) bond motifs is 1. The van der Waals surface area contributed by atoms with Crippen LogP contribution in [0.15, 0.2) is 6.07 Å². The number of carbonyl (C=O) groups is 1. The second-order valence-corrected chi connectivity index (χ2v) is 3.51. The lowest BCUT2D eigenvalue weighted by atomic mass is 10.1. The van der Waals surface area contributed by atoms with Crippen LogP contribution in [0, 0.1) is 0 Å². The summed E-state index contributed by atoms with van der Waals surface area (Å²) in [5, 5.41) is 0.434. The van der Waals surface area contributed by atoms with Gasteiger partial charge in [0.25, 0.3) is 0 Å². The third kappa shape index (κ3) is 1.66. The van der Waals surface area contributed by atoms with Gasteiger partial charge in [-0.2, -0.15) is 0 Å². The number of hydrogen-bond donors (Lipinski definition) is 1. The zero-order valence-corrected chi connectivity index (χ0v) is 8.71. The Morgan fingerprint density at radius 3 is 2.67 bits per heavy atom. The number of hydrogen-bond acceptors (Lipinski definition) is 4. The number of halogens is 1. The smallest absolute Gasteiger partial charge is 0.172 e. The van der Waals surface area contributed by atoms with Crippen LogP contribution in [0.5, 0.6) is 11.5 Å². The van der Waals surface area contributed by atoms with Crippen molar-refractivity contribution in [3.8, 4) is 11.5 Å². The van der Waals surface area contributed by atoms with Gasteiger partial charge in [-0.05, 0) is 6.07 Å². The van der Waals surface area contributed by atoms with Crippen LogP contribution in [-0.4, -0.2) is 19.5 Å². The first-order valence-corrected chi connectivity index (χ1v) is 4.92. The lowest BCUT2D eigenvalue weighted by Gasteiger charge is -2.22. The van der Waals surface area contributed by atoms with E-state index in [4.69, 9.17) is 26.8 Å².